The molecule has 0 spiro atoms. The molecule has 1 aromatic rings. The molecule has 0 unspecified atom stereocenters. The summed E-state index contributed by atoms with van der Waals surface area (Å²) >= 11 is 0. The van der Waals surface area contributed by atoms with Crippen molar-refractivity contribution in [3.63, 3.8) is 0 Å². The van der Waals surface area contributed by atoms with Gasteiger partial charge < -0.3 is 20.1 Å². The Labute approximate surface area is 132 Å². The Kier molecular flexibility index (Phi) is 6.52. The molecule has 122 valence electrons. The molecule has 0 radical (unpaired) electrons. The van der Waals surface area contributed by atoms with E-state index in [-0.39, 0.29) is 17.8 Å². The van der Waals surface area contributed by atoms with Crippen LogP contribution in [0.25, 0.3) is 0 Å². The number of phenols is 1. The van der Waals surface area contributed by atoms with E-state index in [1.807, 2.05) is 17.0 Å². The van der Waals surface area contributed by atoms with Crippen LogP contribution in [0.1, 0.15) is 37.7 Å². The minimum atomic E-state index is -0.0767. The number of para-hydroxylation sites is 1. The van der Waals surface area contributed by atoms with E-state index in [1.54, 1.807) is 19.2 Å². The number of carbonyl (C=O) groups is 1. The molecule has 2 amide bonds. The van der Waals surface area contributed by atoms with E-state index < -0.39 is 0 Å². The van der Waals surface area contributed by atoms with Gasteiger partial charge in [0, 0.05) is 25.3 Å². The van der Waals surface area contributed by atoms with Crippen molar-refractivity contribution in [1.82, 2.24) is 10.2 Å². The lowest BCUT2D eigenvalue weighted by atomic mass is 9.94. The first-order chi connectivity index (χ1) is 10.7. The number of carbonyl (C=O) groups excluding carboxylic acids is 1. The van der Waals surface area contributed by atoms with Crippen molar-refractivity contribution in [2.24, 2.45) is 0 Å². The van der Waals surface area contributed by atoms with Crippen molar-refractivity contribution in [3.8, 4) is 5.75 Å². The molecule has 0 aliphatic heterocycles. The zero-order chi connectivity index (χ0) is 15.8. The summed E-state index contributed by atoms with van der Waals surface area (Å²) < 4.78 is 4.98. The second-order valence-corrected chi connectivity index (χ2v) is 5.77. The van der Waals surface area contributed by atoms with Gasteiger partial charge in [0.2, 0.25) is 0 Å². The Balaban J connectivity index is 2.06. The van der Waals surface area contributed by atoms with Crippen LogP contribution in [0.15, 0.2) is 24.3 Å². The highest BCUT2D eigenvalue weighted by Crippen LogP contribution is 2.26. The molecule has 1 aliphatic rings. The minimum absolute atomic E-state index is 0.0767. The van der Waals surface area contributed by atoms with E-state index in [0.717, 1.165) is 31.2 Å². The van der Waals surface area contributed by atoms with Gasteiger partial charge in [0.1, 0.15) is 5.75 Å². The molecule has 1 aliphatic carbocycles. The minimum Gasteiger partial charge on any atom is -0.508 e. The molecule has 2 rings (SSSR count). The predicted octanol–water partition coefficient (Wildman–Crippen LogP) is 2.88. The third-order valence-corrected chi connectivity index (χ3v) is 4.19. The number of ether oxygens (including phenoxy) is 1. The fraction of sp³-hybridized carbons (Fsp3) is 0.588. The summed E-state index contributed by atoms with van der Waals surface area (Å²) in [5.74, 6) is 0.244. The summed E-state index contributed by atoms with van der Waals surface area (Å²) in [6, 6.07) is 7.38. The smallest absolute Gasteiger partial charge is 0.318 e. The van der Waals surface area contributed by atoms with Gasteiger partial charge in [-0.15, -0.1) is 0 Å². The maximum Gasteiger partial charge on any atom is 0.318 e. The molecule has 1 saturated carbocycles. The van der Waals surface area contributed by atoms with Gasteiger partial charge in [-0.2, -0.15) is 0 Å². The average Bonchev–Trinajstić information content (AvgIpc) is 2.55. The molecular formula is C17H26N2O3. The van der Waals surface area contributed by atoms with E-state index in [4.69, 9.17) is 4.74 Å². The van der Waals surface area contributed by atoms with Gasteiger partial charge in [-0.05, 0) is 18.9 Å². The highest BCUT2D eigenvalue weighted by Gasteiger charge is 2.26. The van der Waals surface area contributed by atoms with Crippen molar-refractivity contribution in [3.05, 3.63) is 29.8 Å². The first-order valence-electron chi connectivity index (χ1n) is 8.02. The Morgan fingerprint density at radius 1 is 1.32 bits per heavy atom. The molecular weight excluding hydrogens is 280 g/mol. The third-order valence-electron chi connectivity index (χ3n) is 4.19. The lowest BCUT2D eigenvalue weighted by Crippen LogP contribution is -2.47. The number of amides is 2. The van der Waals surface area contributed by atoms with Crippen LogP contribution in [0.5, 0.6) is 5.75 Å². The molecule has 0 aromatic heterocycles. The first kappa shape index (κ1) is 16.6. The topological polar surface area (TPSA) is 61.8 Å². The number of urea groups is 1. The molecule has 0 saturated heterocycles. The standard InChI is InChI=1S/C17H26N2O3/c1-22-12-11-18-17(21)19(15-8-3-2-4-9-15)13-14-7-5-6-10-16(14)20/h5-7,10,15,20H,2-4,8-9,11-13H2,1H3,(H,18,21). The molecule has 1 fully saturated rings. The summed E-state index contributed by atoms with van der Waals surface area (Å²) in [5, 5.41) is 12.9. The molecule has 1 aromatic carbocycles. The summed E-state index contributed by atoms with van der Waals surface area (Å²) in [4.78, 5) is 14.4. The van der Waals surface area contributed by atoms with Gasteiger partial charge in [0.15, 0.2) is 0 Å². The Hall–Kier alpha value is -1.75. The predicted molar refractivity (Wildman–Crippen MR) is 85.8 cm³/mol. The Bertz CT molecular complexity index is 473. The molecule has 0 atom stereocenters. The zero-order valence-corrected chi connectivity index (χ0v) is 13.3. The monoisotopic (exact) mass is 306 g/mol. The number of hydrogen-bond donors (Lipinski definition) is 2. The van der Waals surface area contributed by atoms with Gasteiger partial charge in [0.25, 0.3) is 0 Å². The summed E-state index contributed by atoms with van der Waals surface area (Å²) in [6.45, 7) is 1.44. The van der Waals surface area contributed by atoms with Crippen LogP contribution in [0.3, 0.4) is 0 Å². The quantitative estimate of drug-likeness (QED) is 0.794. The van der Waals surface area contributed by atoms with Crippen molar-refractivity contribution in [2.75, 3.05) is 20.3 Å². The zero-order valence-electron chi connectivity index (χ0n) is 13.3. The number of nitrogens with one attached hydrogen (secondary N) is 1. The fourth-order valence-electron chi connectivity index (χ4n) is 2.95. The molecule has 2 N–H and O–H groups in total. The Morgan fingerprint density at radius 2 is 2.05 bits per heavy atom. The van der Waals surface area contributed by atoms with Gasteiger partial charge >= 0.3 is 6.03 Å². The third kappa shape index (κ3) is 4.63. The van der Waals surface area contributed by atoms with Crippen molar-refractivity contribution in [2.45, 2.75) is 44.7 Å². The second kappa shape index (κ2) is 8.63. The molecule has 0 heterocycles. The van der Waals surface area contributed by atoms with E-state index >= 15 is 0 Å². The van der Waals surface area contributed by atoms with Crippen LogP contribution in [-0.4, -0.2) is 42.3 Å². The van der Waals surface area contributed by atoms with Crippen LogP contribution in [-0.2, 0) is 11.3 Å². The van der Waals surface area contributed by atoms with E-state index in [2.05, 4.69) is 5.32 Å². The Morgan fingerprint density at radius 3 is 2.73 bits per heavy atom. The summed E-state index contributed by atoms with van der Waals surface area (Å²) in [6.07, 6.45) is 5.63. The maximum absolute atomic E-state index is 12.5. The van der Waals surface area contributed by atoms with Gasteiger partial charge in [-0.3, -0.25) is 0 Å². The van der Waals surface area contributed by atoms with E-state index in [1.165, 1.54) is 6.42 Å². The van der Waals surface area contributed by atoms with E-state index in [0.29, 0.717) is 19.7 Å². The molecule has 5 heteroatoms. The van der Waals surface area contributed by atoms with Gasteiger partial charge in [-0.25, -0.2) is 4.79 Å². The number of hydrogen-bond acceptors (Lipinski definition) is 3. The highest BCUT2D eigenvalue weighted by atomic mass is 16.5. The van der Waals surface area contributed by atoms with Crippen molar-refractivity contribution >= 4 is 6.03 Å². The molecule has 0 bridgehead atoms. The lowest BCUT2D eigenvalue weighted by Gasteiger charge is -2.34. The second-order valence-electron chi connectivity index (χ2n) is 5.77. The SMILES string of the molecule is COCCNC(=O)N(Cc1ccccc1O)C1CCCCC1. The van der Waals surface area contributed by atoms with Crippen LogP contribution in [0, 0.1) is 0 Å². The molecule has 22 heavy (non-hydrogen) atoms. The number of rotatable bonds is 6. The highest BCUT2D eigenvalue weighted by molar-refractivity contribution is 5.74. The number of nitrogens with zero attached hydrogens (tertiary/aromatic N) is 1. The van der Waals surface area contributed by atoms with Crippen molar-refractivity contribution in [1.29, 1.82) is 0 Å². The van der Waals surface area contributed by atoms with E-state index in [9.17, 15) is 9.90 Å². The summed E-state index contributed by atoms with van der Waals surface area (Å²) in [5.41, 5.74) is 0.787. The van der Waals surface area contributed by atoms with Gasteiger partial charge in [0.05, 0.1) is 13.2 Å². The van der Waals surface area contributed by atoms with Crippen LogP contribution in [0.2, 0.25) is 0 Å². The molecule has 5 nitrogen and oxygen atoms in total. The number of aromatic hydroxyl groups is 1. The number of benzene rings is 1. The number of phenolic OH excluding ortho intramolecular Hbond substituents is 1. The maximum atomic E-state index is 12.5. The largest absolute Gasteiger partial charge is 0.508 e. The van der Waals surface area contributed by atoms with Crippen LogP contribution in [0.4, 0.5) is 4.79 Å². The first-order valence-corrected chi connectivity index (χ1v) is 8.02. The average molecular weight is 306 g/mol. The summed E-state index contributed by atoms with van der Waals surface area (Å²) in [7, 11) is 1.62. The normalized spacial score (nSPS) is 15.5. The van der Waals surface area contributed by atoms with Crippen LogP contribution >= 0.6 is 0 Å². The fourth-order valence-corrected chi connectivity index (χ4v) is 2.95. The van der Waals surface area contributed by atoms with Crippen molar-refractivity contribution < 1.29 is 14.6 Å². The van der Waals surface area contributed by atoms with Gasteiger partial charge in [-0.1, -0.05) is 37.5 Å². The lowest BCUT2D eigenvalue weighted by molar-refractivity contribution is 0.144. The van der Waals surface area contributed by atoms with Crippen LogP contribution < -0.4 is 5.32 Å². The number of methoxy groups -OCH3 is 1.